The molecule has 1 aliphatic carbocycles. The molecular formula is C13H25NO2. The monoisotopic (exact) mass is 227 g/mol. The second-order valence-electron chi connectivity index (χ2n) is 5.22. The van der Waals surface area contributed by atoms with E-state index in [0.717, 1.165) is 31.7 Å². The van der Waals surface area contributed by atoms with Crippen LogP contribution >= 0.6 is 0 Å². The van der Waals surface area contributed by atoms with Gasteiger partial charge in [0.2, 0.25) is 0 Å². The van der Waals surface area contributed by atoms with Gasteiger partial charge in [0.1, 0.15) is 0 Å². The molecule has 3 heteroatoms. The van der Waals surface area contributed by atoms with Crippen molar-refractivity contribution < 1.29 is 9.47 Å². The number of hydrogen-bond donors (Lipinski definition) is 1. The van der Waals surface area contributed by atoms with E-state index in [1.165, 1.54) is 38.5 Å². The number of ether oxygens (including phenoxy) is 2. The van der Waals surface area contributed by atoms with Crippen LogP contribution < -0.4 is 5.32 Å². The van der Waals surface area contributed by atoms with Crippen molar-refractivity contribution >= 4 is 0 Å². The quantitative estimate of drug-likeness (QED) is 0.779. The maximum absolute atomic E-state index is 5.62. The van der Waals surface area contributed by atoms with Crippen molar-refractivity contribution in [3.05, 3.63) is 0 Å². The van der Waals surface area contributed by atoms with Crippen molar-refractivity contribution in [3.63, 3.8) is 0 Å². The molecule has 1 atom stereocenters. The second-order valence-corrected chi connectivity index (χ2v) is 5.22. The van der Waals surface area contributed by atoms with Gasteiger partial charge >= 0.3 is 0 Å². The lowest BCUT2D eigenvalue weighted by Crippen LogP contribution is -2.38. The first-order valence-electron chi connectivity index (χ1n) is 6.72. The number of nitrogens with one attached hydrogen (secondary N) is 1. The first-order valence-corrected chi connectivity index (χ1v) is 6.72. The average molecular weight is 227 g/mol. The van der Waals surface area contributed by atoms with Gasteiger partial charge in [-0.3, -0.25) is 0 Å². The molecule has 1 N–H and O–H groups in total. The summed E-state index contributed by atoms with van der Waals surface area (Å²) < 4.78 is 10.8. The van der Waals surface area contributed by atoms with Gasteiger partial charge in [-0.1, -0.05) is 0 Å². The lowest BCUT2D eigenvalue weighted by molar-refractivity contribution is 0.0984. The third-order valence-corrected chi connectivity index (χ3v) is 3.91. The Morgan fingerprint density at radius 2 is 2.00 bits per heavy atom. The van der Waals surface area contributed by atoms with E-state index in [2.05, 4.69) is 5.32 Å². The number of methoxy groups -OCH3 is 1. The SMILES string of the molecule is COCC1CCC(NCC2CCCO2)CC1. The molecule has 1 unspecified atom stereocenters. The standard InChI is InChI=1S/C13H25NO2/c1-15-10-11-4-6-12(7-5-11)14-9-13-3-2-8-16-13/h11-14H,2-10H2,1H3. The highest BCUT2D eigenvalue weighted by Crippen LogP contribution is 2.24. The fraction of sp³-hybridized carbons (Fsp3) is 1.00. The summed E-state index contributed by atoms with van der Waals surface area (Å²) in [6, 6.07) is 0.720. The van der Waals surface area contributed by atoms with Crippen molar-refractivity contribution in [1.29, 1.82) is 0 Å². The van der Waals surface area contributed by atoms with Gasteiger partial charge in [-0.2, -0.15) is 0 Å². The molecule has 3 nitrogen and oxygen atoms in total. The molecule has 0 aromatic heterocycles. The van der Waals surface area contributed by atoms with E-state index in [4.69, 9.17) is 9.47 Å². The normalized spacial score (nSPS) is 35.4. The van der Waals surface area contributed by atoms with Crippen molar-refractivity contribution in [2.75, 3.05) is 26.9 Å². The van der Waals surface area contributed by atoms with Crippen molar-refractivity contribution in [2.45, 2.75) is 50.7 Å². The van der Waals surface area contributed by atoms with Gasteiger partial charge in [-0.05, 0) is 44.4 Å². The lowest BCUT2D eigenvalue weighted by atomic mass is 9.86. The Kier molecular flexibility index (Phi) is 5.07. The maximum Gasteiger partial charge on any atom is 0.0700 e. The Morgan fingerprint density at radius 3 is 2.62 bits per heavy atom. The first-order chi connectivity index (χ1) is 7.88. The van der Waals surface area contributed by atoms with Gasteiger partial charge in [-0.25, -0.2) is 0 Å². The number of rotatable bonds is 5. The minimum atomic E-state index is 0.483. The summed E-state index contributed by atoms with van der Waals surface area (Å²) in [6.45, 7) is 2.96. The topological polar surface area (TPSA) is 30.5 Å². The van der Waals surface area contributed by atoms with Crippen LogP contribution in [0.25, 0.3) is 0 Å². The highest BCUT2D eigenvalue weighted by atomic mass is 16.5. The molecule has 2 fully saturated rings. The molecular weight excluding hydrogens is 202 g/mol. The molecule has 1 heterocycles. The van der Waals surface area contributed by atoms with E-state index in [1.54, 1.807) is 0 Å². The van der Waals surface area contributed by atoms with Crippen molar-refractivity contribution in [2.24, 2.45) is 5.92 Å². The zero-order valence-electron chi connectivity index (χ0n) is 10.4. The molecule has 94 valence electrons. The summed E-state index contributed by atoms with van der Waals surface area (Å²) in [5.74, 6) is 0.797. The Labute approximate surface area is 98.9 Å². The van der Waals surface area contributed by atoms with Gasteiger partial charge < -0.3 is 14.8 Å². The third-order valence-electron chi connectivity index (χ3n) is 3.91. The minimum absolute atomic E-state index is 0.483. The van der Waals surface area contributed by atoms with Gasteiger partial charge in [0.25, 0.3) is 0 Å². The molecule has 0 bridgehead atoms. The zero-order valence-corrected chi connectivity index (χ0v) is 10.4. The van der Waals surface area contributed by atoms with Crippen LogP contribution in [0.2, 0.25) is 0 Å². The lowest BCUT2D eigenvalue weighted by Gasteiger charge is -2.29. The molecule has 0 amide bonds. The van der Waals surface area contributed by atoms with E-state index in [-0.39, 0.29) is 0 Å². The molecule has 0 spiro atoms. The molecule has 2 rings (SSSR count). The molecule has 1 saturated heterocycles. The van der Waals surface area contributed by atoms with Crippen LogP contribution in [-0.2, 0) is 9.47 Å². The summed E-state index contributed by atoms with van der Waals surface area (Å²) in [5, 5.41) is 3.66. The van der Waals surface area contributed by atoms with Gasteiger partial charge in [0.05, 0.1) is 6.10 Å². The predicted octanol–water partition coefficient (Wildman–Crippen LogP) is 1.96. The molecule has 2 aliphatic rings. The Morgan fingerprint density at radius 1 is 1.19 bits per heavy atom. The van der Waals surface area contributed by atoms with Crippen LogP contribution in [0.3, 0.4) is 0 Å². The van der Waals surface area contributed by atoms with Crippen LogP contribution in [0.1, 0.15) is 38.5 Å². The molecule has 16 heavy (non-hydrogen) atoms. The third kappa shape index (κ3) is 3.72. The molecule has 0 aromatic rings. The smallest absolute Gasteiger partial charge is 0.0700 e. The Hall–Kier alpha value is -0.120. The highest BCUT2D eigenvalue weighted by Gasteiger charge is 2.22. The van der Waals surface area contributed by atoms with E-state index in [0.29, 0.717) is 6.10 Å². The zero-order chi connectivity index (χ0) is 11.2. The van der Waals surface area contributed by atoms with Crippen LogP contribution in [0.4, 0.5) is 0 Å². The van der Waals surface area contributed by atoms with Gasteiger partial charge in [-0.15, -0.1) is 0 Å². The summed E-state index contributed by atoms with van der Waals surface area (Å²) in [7, 11) is 1.81. The largest absolute Gasteiger partial charge is 0.384 e. The van der Waals surface area contributed by atoms with Gasteiger partial charge in [0, 0.05) is 32.9 Å². The summed E-state index contributed by atoms with van der Waals surface area (Å²) in [6.07, 6.45) is 8.21. The molecule has 1 saturated carbocycles. The molecule has 1 aliphatic heterocycles. The summed E-state index contributed by atoms with van der Waals surface area (Å²) in [4.78, 5) is 0. The Bertz CT molecular complexity index is 184. The number of hydrogen-bond acceptors (Lipinski definition) is 3. The van der Waals surface area contributed by atoms with Crippen molar-refractivity contribution in [1.82, 2.24) is 5.32 Å². The summed E-state index contributed by atoms with van der Waals surface area (Å²) >= 11 is 0. The molecule has 0 aromatic carbocycles. The maximum atomic E-state index is 5.62. The van der Waals surface area contributed by atoms with Crippen molar-refractivity contribution in [3.8, 4) is 0 Å². The predicted molar refractivity (Wildman–Crippen MR) is 64.6 cm³/mol. The fourth-order valence-corrected chi connectivity index (χ4v) is 2.87. The van der Waals surface area contributed by atoms with E-state index in [9.17, 15) is 0 Å². The van der Waals surface area contributed by atoms with Crippen LogP contribution in [-0.4, -0.2) is 39.0 Å². The minimum Gasteiger partial charge on any atom is -0.384 e. The average Bonchev–Trinajstić information content (AvgIpc) is 2.82. The fourth-order valence-electron chi connectivity index (χ4n) is 2.87. The summed E-state index contributed by atoms with van der Waals surface area (Å²) in [5.41, 5.74) is 0. The van der Waals surface area contributed by atoms with E-state index < -0.39 is 0 Å². The second kappa shape index (κ2) is 6.58. The van der Waals surface area contributed by atoms with Crippen LogP contribution in [0.15, 0.2) is 0 Å². The first kappa shape index (κ1) is 12.3. The molecule has 0 radical (unpaired) electrons. The highest BCUT2D eigenvalue weighted by molar-refractivity contribution is 4.79. The van der Waals surface area contributed by atoms with Crippen LogP contribution in [0, 0.1) is 5.92 Å². The van der Waals surface area contributed by atoms with E-state index in [1.807, 2.05) is 7.11 Å². The van der Waals surface area contributed by atoms with Gasteiger partial charge in [0.15, 0.2) is 0 Å². The Balaban J connectivity index is 1.57. The van der Waals surface area contributed by atoms with Crippen LogP contribution in [0.5, 0.6) is 0 Å². The van der Waals surface area contributed by atoms with E-state index >= 15 is 0 Å².